The standard InChI is InChI=1S/C20H21NO5.C19H18ClNO4/c1-25-14-7-5-6-13(12-14)19(22)21-16(10-11-17(21)20(23)24)15-8-3-4-9-18(15)26-2;1-25-13-6-4-5-12(11-13)18(22)21-16(9-10-17(21)19(23)24)14-7-2-3-8-15(14)20/h3-9,12,16-17H,10-11H2,1-2H3,(H,23,24);2-8,11,16-17H,9-10H2,1H3,(H,23,24)/t2*16-,17+/m10/s1. The van der Waals surface area contributed by atoms with Crippen molar-refractivity contribution in [2.45, 2.75) is 49.9 Å². The first-order chi connectivity index (χ1) is 24.6. The van der Waals surface area contributed by atoms with Gasteiger partial charge < -0.3 is 34.2 Å². The minimum absolute atomic E-state index is 0.329. The first-order valence-electron chi connectivity index (χ1n) is 16.4. The van der Waals surface area contributed by atoms with E-state index in [0.29, 0.717) is 59.1 Å². The molecule has 2 saturated heterocycles. The van der Waals surface area contributed by atoms with Crippen LogP contribution in [0.25, 0.3) is 0 Å². The van der Waals surface area contributed by atoms with Crippen LogP contribution in [0.5, 0.6) is 17.2 Å². The van der Waals surface area contributed by atoms with Crippen LogP contribution in [0, 0.1) is 0 Å². The maximum Gasteiger partial charge on any atom is 0.326 e. The maximum atomic E-state index is 13.2. The number of hydrogen-bond acceptors (Lipinski definition) is 7. The van der Waals surface area contributed by atoms with Gasteiger partial charge in [-0.2, -0.15) is 0 Å². The van der Waals surface area contributed by atoms with Crippen molar-refractivity contribution in [1.29, 1.82) is 0 Å². The molecule has 2 N–H and O–H groups in total. The van der Waals surface area contributed by atoms with E-state index in [1.165, 1.54) is 24.0 Å². The summed E-state index contributed by atoms with van der Waals surface area (Å²) in [5, 5.41) is 19.7. The molecule has 2 fully saturated rings. The Morgan fingerprint density at radius 3 is 1.49 bits per heavy atom. The molecule has 0 aliphatic carbocycles. The van der Waals surface area contributed by atoms with Crippen molar-refractivity contribution in [1.82, 2.24) is 9.80 Å². The fraction of sp³-hybridized carbons (Fsp3) is 0.282. The topological polar surface area (TPSA) is 143 Å². The summed E-state index contributed by atoms with van der Waals surface area (Å²) in [6.07, 6.45) is 1.90. The van der Waals surface area contributed by atoms with E-state index in [2.05, 4.69) is 0 Å². The smallest absolute Gasteiger partial charge is 0.326 e. The van der Waals surface area contributed by atoms with E-state index in [4.69, 9.17) is 25.8 Å². The van der Waals surface area contributed by atoms with Crippen LogP contribution in [0.3, 0.4) is 0 Å². The quantitative estimate of drug-likeness (QED) is 0.189. The first-order valence-corrected chi connectivity index (χ1v) is 16.7. The number of carboxylic acids is 2. The highest BCUT2D eigenvalue weighted by molar-refractivity contribution is 6.31. The summed E-state index contributed by atoms with van der Waals surface area (Å²) in [6.45, 7) is 0. The Hall–Kier alpha value is -5.55. The summed E-state index contributed by atoms with van der Waals surface area (Å²) in [7, 11) is 4.61. The number of rotatable bonds is 9. The highest BCUT2D eigenvalue weighted by atomic mass is 35.5. The molecule has 0 spiro atoms. The number of amides is 2. The molecule has 0 saturated carbocycles. The van der Waals surface area contributed by atoms with Crippen molar-refractivity contribution < 1.29 is 43.6 Å². The van der Waals surface area contributed by atoms with Crippen molar-refractivity contribution in [2.24, 2.45) is 0 Å². The normalized spacial score (nSPS) is 19.5. The highest BCUT2D eigenvalue weighted by Crippen LogP contribution is 2.42. The Kier molecular flexibility index (Phi) is 11.8. The van der Waals surface area contributed by atoms with Gasteiger partial charge in [-0.1, -0.05) is 60.1 Å². The van der Waals surface area contributed by atoms with Gasteiger partial charge in [0.25, 0.3) is 11.8 Å². The molecule has 51 heavy (non-hydrogen) atoms. The number of carbonyl (C=O) groups is 4. The molecule has 4 aromatic carbocycles. The van der Waals surface area contributed by atoms with Crippen LogP contribution in [0.15, 0.2) is 97.1 Å². The number of ether oxygens (including phenoxy) is 3. The zero-order valence-corrected chi connectivity index (χ0v) is 29.2. The van der Waals surface area contributed by atoms with Crippen LogP contribution in [-0.4, -0.2) is 77.2 Å². The van der Waals surface area contributed by atoms with Gasteiger partial charge in [-0.3, -0.25) is 9.59 Å². The van der Waals surface area contributed by atoms with E-state index in [0.717, 1.165) is 11.1 Å². The average molecular weight is 715 g/mol. The van der Waals surface area contributed by atoms with Gasteiger partial charge in [0.1, 0.15) is 29.3 Å². The molecule has 4 atom stereocenters. The molecular formula is C39H39ClN2O9. The highest BCUT2D eigenvalue weighted by Gasteiger charge is 2.44. The molecule has 2 aliphatic heterocycles. The fourth-order valence-corrected chi connectivity index (χ4v) is 7.04. The van der Waals surface area contributed by atoms with E-state index < -0.39 is 24.0 Å². The molecule has 0 aromatic heterocycles. The van der Waals surface area contributed by atoms with Crippen molar-refractivity contribution in [2.75, 3.05) is 21.3 Å². The Bertz CT molecular complexity index is 1900. The molecule has 2 heterocycles. The van der Waals surface area contributed by atoms with E-state index in [1.807, 2.05) is 42.5 Å². The van der Waals surface area contributed by atoms with Gasteiger partial charge in [0.2, 0.25) is 0 Å². The molecule has 4 aromatic rings. The zero-order valence-electron chi connectivity index (χ0n) is 28.4. The molecule has 12 heteroatoms. The SMILES string of the molecule is COc1cccc(C(=O)N2[C@@H](C(=O)O)CC[C@H]2c2ccccc2Cl)c1.COc1cccc(C(=O)N2[C@@H](c3ccccc3OC)CC[C@H]2C(=O)O)c1. The lowest BCUT2D eigenvalue weighted by molar-refractivity contribution is -0.142. The van der Waals surface area contributed by atoms with Gasteiger partial charge >= 0.3 is 11.9 Å². The second kappa shape index (κ2) is 16.4. The lowest BCUT2D eigenvalue weighted by Gasteiger charge is -2.29. The Morgan fingerprint density at radius 1 is 0.588 bits per heavy atom. The molecule has 2 aliphatic rings. The van der Waals surface area contributed by atoms with Crippen molar-refractivity contribution in [3.8, 4) is 17.2 Å². The largest absolute Gasteiger partial charge is 0.497 e. The third kappa shape index (κ3) is 7.94. The van der Waals surface area contributed by atoms with Gasteiger partial charge in [0.15, 0.2) is 0 Å². The van der Waals surface area contributed by atoms with Crippen LogP contribution < -0.4 is 14.2 Å². The first kappa shape index (κ1) is 36.7. The number of aliphatic carboxylic acids is 2. The summed E-state index contributed by atoms with van der Waals surface area (Å²) in [4.78, 5) is 52.6. The number of hydrogen-bond donors (Lipinski definition) is 2. The molecule has 2 amide bonds. The Morgan fingerprint density at radius 2 is 1.04 bits per heavy atom. The van der Waals surface area contributed by atoms with E-state index >= 15 is 0 Å². The van der Waals surface area contributed by atoms with Crippen LogP contribution >= 0.6 is 11.6 Å². The summed E-state index contributed by atoms with van der Waals surface area (Å²) in [6, 6.07) is 25.6. The predicted molar refractivity (Wildman–Crippen MR) is 190 cm³/mol. The Labute approximate surface area is 300 Å². The summed E-state index contributed by atoms with van der Waals surface area (Å²) >= 11 is 6.29. The second-order valence-electron chi connectivity index (χ2n) is 12.0. The molecule has 11 nitrogen and oxygen atoms in total. The fourth-order valence-electron chi connectivity index (χ4n) is 6.78. The van der Waals surface area contributed by atoms with Crippen LogP contribution in [0.2, 0.25) is 5.02 Å². The molecule has 0 unspecified atom stereocenters. The monoisotopic (exact) mass is 714 g/mol. The lowest BCUT2D eigenvalue weighted by atomic mass is 10.0. The van der Waals surface area contributed by atoms with Gasteiger partial charge in [-0.25, -0.2) is 9.59 Å². The number of carboxylic acid groups (broad SMARTS) is 2. The zero-order chi connectivity index (χ0) is 36.7. The summed E-state index contributed by atoms with van der Waals surface area (Å²) in [5.41, 5.74) is 2.38. The van der Waals surface area contributed by atoms with Crippen molar-refractivity contribution in [3.05, 3.63) is 124 Å². The summed E-state index contributed by atoms with van der Waals surface area (Å²) in [5.74, 6) is -0.933. The predicted octanol–water partition coefficient (Wildman–Crippen LogP) is 6.91. The van der Waals surface area contributed by atoms with Crippen LogP contribution in [0.4, 0.5) is 0 Å². The number of para-hydroxylation sites is 1. The summed E-state index contributed by atoms with van der Waals surface area (Å²) < 4.78 is 15.8. The van der Waals surface area contributed by atoms with E-state index in [-0.39, 0.29) is 23.9 Å². The van der Waals surface area contributed by atoms with Gasteiger partial charge in [0.05, 0.1) is 33.4 Å². The molecule has 0 bridgehead atoms. The third-order valence-electron chi connectivity index (χ3n) is 9.20. The minimum atomic E-state index is -1.01. The number of benzene rings is 4. The van der Waals surface area contributed by atoms with Gasteiger partial charge in [-0.15, -0.1) is 0 Å². The van der Waals surface area contributed by atoms with Crippen LogP contribution in [-0.2, 0) is 9.59 Å². The number of halogens is 1. The maximum absolute atomic E-state index is 13.2. The second-order valence-corrected chi connectivity index (χ2v) is 12.5. The molecule has 266 valence electrons. The van der Waals surface area contributed by atoms with E-state index in [1.54, 1.807) is 61.7 Å². The lowest BCUT2D eigenvalue weighted by Crippen LogP contribution is -2.41. The van der Waals surface area contributed by atoms with E-state index in [9.17, 15) is 29.4 Å². The molecule has 6 rings (SSSR count). The third-order valence-corrected chi connectivity index (χ3v) is 9.55. The molecular weight excluding hydrogens is 676 g/mol. The molecule has 0 radical (unpaired) electrons. The number of likely N-dealkylation sites (tertiary alicyclic amines) is 2. The average Bonchev–Trinajstić information content (AvgIpc) is 3.81. The number of methoxy groups -OCH3 is 3. The van der Waals surface area contributed by atoms with Gasteiger partial charge in [0, 0.05) is 21.7 Å². The number of carbonyl (C=O) groups excluding carboxylic acids is 2. The van der Waals surface area contributed by atoms with Crippen molar-refractivity contribution in [3.63, 3.8) is 0 Å². The minimum Gasteiger partial charge on any atom is -0.497 e. The number of nitrogens with zero attached hydrogens (tertiary/aromatic N) is 2. The van der Waals surface area contributed by atoms with Gasteiger partial charge in [-0.05, 0) is 79.8 Å². The van der Waals surface area contributed by atoms with Crippen LogP contribution in [0.1, 0.15) is 69.6 Å². The Balaban J connectivity index is 0.000000198. The van der Waals surface area contributed by atoms with Crippen molar-refractivity contribution >= 4 is 35.4 Å².